The zero-order valence-corrected chi connectivity index (χ0v) is 12.5. The predicted molar refractivity (Wildman–Crippen MR) is 84.6 cm³/mol. The smallest absolute Gasteiger partial charge is 0.335 e. The van der Waals surface area contributed by atoms with Gasteiger partial charge in [0.1, 0.15) is 5.82 Å². The number of aryl methyl sites for hydroxylation is 1. The summed E-state index contributed by atoms with van der Waals surface area (Å²) < 4.78 is 14.2. The van der Waals surface area contributed by atoms with Gasteiger partial charge in [-0.25, -0.2) is 14.0 Å². The van der Waals surface area contributed by atoms with E-state index >= 15 is 0 Å². The molecule has 0 aromatic heterocycles. The molecule has 2 amide bonds. The molecule has 1 saturated heterocycles. The SMILES string of the molecule is Cc1cccc(N2CCN(c3cccc(C(=O)O)c3)C2=O)c1F. The third kappa shape index (κ3) is 2.63. The van der Waals surface area contributed by atoms with Gasteiger partial charge in [-0.1, -0.05) is 18.2 Å². The molecule has 3 rings (SSSR count). The lowest BCUT2D eigenvalue weighted by Crippen LogP contribution is -2.32. The van der Waals surface area contributed by atoms with Gasteiger partial charge in [-0.2, -0.15) is 0 Å². The quantitative estimate of drug-likeness (QED) is 0.946. The third-order valence-electron chi connectivity index (χ3n) is 3.88. The van der Waals surface area contributed by atoms with Gasteiger partial charge in [-0.3, -0.25) is 9.80 Å². The summed E-state index contributed by atoms with van der Waals surface area (Å²) in [6.07, 6.45) is 0. The van der Waals surface area contributed by atoms with E-state index in [9.17, 15) is 14.0 Å². The molecule has 5 nitrogen and oxygen atoms in total. The van der Waals surface area contributed by atoms with Gasteiger partial charge in [0, 0.05) is 18.8 Å². The van der Waals surface area contributed by atoms with Crippen LogP contribution in [0.4, 0.5) is 20.6 Å². The van der Waals surface area contributed by atoms with E-state index in [1.165, 1.54) is 21.9 Å². The molecule has 1 fully saturated rings. The van der Waals surface area contributed by atoms with E-state index in [1.807, 2.05) is 0 Å². The second kappa shape index (κ2) is 5.72. The number of carboxylic acids is 1. The number of hydrogen-bond donors (Lipinski definition) is 1. The van der Waals surface area contributed by atoms with E-state index in [2.05, 4.69) is 0 Å². The van der Waals surface area contributed by atoms with Crippen molar-refractivity contribution in [1.82, 2.24) is 0 Å². The van der Waals surface area contributed by atoms with E-state index in [0.29, 0.717) is 24.3 Å². The number of hydrogen-bond acceptors (Lipinski definition) is 2. The summed E-state index contributed by atoms with van der Waals surface area (Å²) in [7, 11) is 0. The first-order chi connectivity index (χ1) is 11.0. The highest BCUT2D eigenvalue weighted by Gasteiger charge is 2.32. The van der Waals surface area contributed by atoms with Crippen molar-refractivity contribution in [3.05, 3.63) is 59.4 Å². The van der Waals surface area contributed by atoms with Crippen molar-refractivity contribution in [2.24, 2.45) is 0 Å². The largest absolute Gasteiger partial charge is 0.478 e. The summed E-state index contributed by atoms with van der Waals surface area (Å²) in [4.78, 5) is 26.5. The Hall–Kier alpha value is -2.89. The van der Waals surface area contributed by atoms with Gasteiger partial charge in [0.2, 0.25) is 0 Å². The molecule has 0 atom stereocenters. The zero-order valence-electron chi connectivity index (χ0n) is 12.5. The lowest BCUT2D eigenvalue weighted by atomic mass is 10.2. The molecule has 0 aliphatic carbocycles. The lowest BCUT2D eigenvalue weighted by molar-refractivity contribution is 0.0697. The minimum Gasteiger partial charge on any atom is -0.478 e. The van der Waals surface area contributed by atoms with Crippen molar-refractivity contribution < 1.29 is 19.1 Å². The van der Waals surface area contributed by atoms with E-state index in [4.69, 9.17) is 5.11 Å². The van der Waals surface area contributed by atoms with E-state index < -0.39 is 11.8 Å². The number of aromatic carboxylic acids is 1. The maximum atomic E-state index is 14.2. The predicted octanol–water partition coefficient (Wildman–Crippen LogP) is 3.28. The number of carbonyl (C=O) groups is 2. The van der Waals surface area contributed by atoms with Crippen LogP contribution >= 0.6 is 0 Å². The van der Waals surface area contributed by atoms with E-state index in [1.54, 1.807) is 37.3 Å². The van der Waals surface area contributed by atoms with Gasteiger partial charge in [0.25, 0.3) is 0 Å². The normalized spacial score (nSPS) is 14.4. The highest BCUT2D eigenvalue weighted by Crippen LogP contribution is 2.28. The number of benzene rings is 2. The minimum absolute atomic E-state index is 0.107. The Morgan fingerprint density at radius 2 is 1.83 bits per heavy atom. The molecule has 1 N–H and O–H groups in total. The summed E-state index contributed by atoms with van der Waals surface area (Å²) in [6, 6.07) is 10.7. The van der Waals surface area contributed by atoms with Gasteiger partial charge < -0.3 is 5.11 Å². The van der Waals surface area contributed by atoms with Crippen LogP contribution in [-0.2, 0) is 0 Å². The first-order valence-electron chi connectivity index (χ1n) is 7.16. The molecule has 0 unspecified atom stereocenters. The van der Waals surface area contributed by atoms with Crippen molar-refractivity contribution in [1.29, 1.82) is 0 Å². The Morgan fingerprint density at radius 3 is 2.57 bits per heavy atom. The molecular weight excluding hydrogens is 299 g/mol. The molecule has 0 radical (unpaired) electrons. The average Bonchev–Trinajstić information content (AvgIpc) is 2.92. The number of halogens is 1. The van der Waals surface area contributed by atoms with E-state index in [0.717, 1.165) is 0 Å². The molecule has 23 heavy (non-hydrogen) atoms. The van der Waals surface area contributed by atoms with E-state index in [-0.39, 0.29) is 17.3 Å². The first kappa shape index (κ1) is 15.0. The number of anilines is 2. The highest BCUT2D eigenvalue weighted by atomic mass is 19.1. The van der Waals surface area contributed by atoms with Gasteiger partial charge in [-0.15, -0.1) is 0 Å². The highest BCUT2D eigenvalue weighted by molar-refractivity contribution is 6.06. The first-order valence-corrected chi connectivity index (χ1v) is 7.16. The Morgan fingerprint density at radius 1 is 1.13 bits per heavy atom. The molecule has 0 bridgehead atoms. The Labute approximate surface area is 132 Å². The number of carbonyl (C=O) groups excluding carboxylic acids is 1. The number of rotatable bonds is 3. The Balaban J connectivity index is 1.91. The van der Waals surface area contributed by atoms with Crippen LogP contribution in [0.25, 0.3) is 0 Å². The van der Waals surface area contributed by atoms with Crippen molar-refractivity contribution in [2.75, 3.05) is 22.9 Å². The summed E-state index contributed by atoms with van der Waals surface area (Å²) in [5.41, 5.74) is 1.31. The van der Waals surface area contributed by atoms with Gasteiger partial charge in [-0.05, 0) is 36.8 Å². The minimum atomic E-state index is -1.06. The van der Waals surface area contributed by atoms with Crippen LogP contribution in [0.3, 0.4) is 0 Å². The topological polar surface area (TPSA) is 60.9 Å². The monoisotopic (exact) mass is 314 g/mol. The number of urea groups is 1. The molecule has 1 aliphatic heterocycles. The number of nitrogens with zero attached hydrogens (tertiary/aromatic N) is 2. The van der Waals surface area contributed by atoms with Crippen molar-refractivity contribution in [3.63, 3.8) is 0 Å². The molecular formula is C17H15FN2O3. The fourth-order valence-corrected chi connectivity index (χ4v) is 2.65. The molecule has 2 aromatic carbocycles. The fourth-order valence-electron chi connectivity index (χ4n) is 2.65. The van der Waals surface area contributed by atoms with Crippen molar-refractivity contribution in [3.8, 4) is 0 Å². The standard InChI is InChI=1S/C17H15FN2O3/c1-11-4-2-7-14(15(11)18)20-9-8-19(17(20)23)13-6-3-5-12(10-13)16(21)22/h2-7,10H,8-9H2,1H3,(H,21,22). The van der Waals surface area contributed by atoms with Crippen LogP contribution in [0.15, 0.2) is 42.5 Å². The molecule has 1 heterocycles. The molecule has 6 heteroatoms. The van der Waals surface area contributed by atoms with Crippen molar-refractivity contribution >= 4 is 23.4 Å². The average molecular weight is 314 g/mol. The Bertz CT molecular complexity index is 791. The van der Waals surface area contributed by atoms with Crippen molar-refractivity contribution in [2.45, 2.75) is 6.92 Å². The summed E-state index contributed by atoms with van der Waals surface area (Å²) in [5, 5.41) is 9.05. The summed E-state index contributed by atoms with van der Waals surface area (Å²) in [6.45, 7) is 2.36. The van der Waals surface area contributed by atoms with Gasteiger partial charge in [0.05, 0.1) is 11.3 Å². The molecule has 0 spiro atoms. The van der Waals surface area contributed by atoms with Crippen LogP contribution < -0.4 is 9.80 Å². The molecule has 118 valence electrons. The second-order valence-electron chi connectivity index (χ2n) is 5.35. The van der Waals surface area contributed by atoms with Crippen LogP contribution in [-0.4, -0.2) is 30.2 Å². The summed E-state index contributed by atoms with van der Waals surface area (Å²) >= 11 is 0. The zero-order chi connectivity index (χ0) is 16.6. The van der Waals surface area contributed by atoms with Crippen LogP contribution in [0.1, 0.15) is 15.9 Å². The lowest BCUT2D eigenvalue weighted by Gasteiger charge is -2.20. The maximum Gasteiger partial charge on any atom is 0.335 e. The van der Waals surface area contributed by atoms with Crippen LogP contribution in [0, 0.1) is 12.7 Å². The summed E-state index contributed by atoms with van der Waals surface area (Å²) in [5.74, 6) is -1.47. The van der Waals surface area contributed by atoms with Gasteiger partial charge >= 0.3 is 12.0 Å². The fraction of sp³-hybridized carbons (Fsp3) is 0.176. The van der Waals surface area contributed by atoms with Gasteiger partial charge in [0.15, 0.2) is 0 Å². The number of carboxylic acid groups (broad SMARTS) is 1. The van der Waals surface area contributed by atoms with Crippen LogP contribution in [0.5, 0.6) is 0 Å². The maximum absolute atomic E-state index is 14.2. The second-order valence-corrected chi connectivity index (χ2v) is 5.35. The van der Waals surface area contributed by atoms with Crippen LogP contribution in [0.2, 0.25) is 0 Å². The molecule has 2 aromatic rings. The molecule has 1 aliphatic rings. The molecule has 0 saturated carbocycles. The number of amides is 2. The third-order valence-corrected chi connectivity index (χ3v) is 3.88. The Kier molecular flexibility index (Phi) is 3.73.